The molecular formula is C21H24N2O5. The van der Waals surface area contributed by atoms with Crippen LogP contribution in [0.2, 0.25) is 0 Å². The van der Waals surface area contributed by atoms with Gasteiger partial charge in [-0.25, -0.2) is 4.79 Å². The van der Waals surface area contributed by atoms with Gasteiger partial charge in [0.2, 0.25) is 0 Å². The number of carboxylic acids is 1. The van der Waals surface area contributed by atoms with E-state index in [1.165, 1.54) is 0 Å². The van der Waals surface area contributed by atoms with Gasteiger partial charge < -0.3 is 30.4 Å². The Hall–Kier alpha value is -2.87. The Morgan fingerprint density at radius 1 is 1.14 bits per heavy atom. The molecule has 5 N–H and O–H groups in total. The zero-order chi connectivity index (χ0) is 20.3. The standard InChI is InChI=1S/C21H24N2O5/c1-2-14-19(20(26)21(22)27)18-15(9-6-10-16(18)28-12-17(24)25)23(14)11-13-7-4-3-5-8-13/h3-10,20-21,26-27H,2,11-12,22H2,1H3,(H,24,25). The number of nitrogens with two attached hydrogens (primary N) is 1. The molecule has 0 aliphatic rings. The van der Waals surface area contributed by atoms with Gasteiger partial charge in [-0.1, -0.05) is 43.3 Å². The molecule has 0 saturated heterocycles. The highest BCUT2D eigenvalue weighted by Crippen LogP contribution is 2.38. The van der Waals surface area contributed by atoms with Gasteiger partial charge in [0.1, 0.15) is 18.1 Å². The minimum atomic E-state index is -1.48. The predicted molar refractivity (Wildman–Crippen MR) is 105 cm³/mol. The number of aliphatic hydroxyl groups is 2. The van der Waals surface area contributed by atoms with Crippen molar-refractivity contribution in [2.45, 2.75) is 32.2 Å². The lowest BCUT2D eigenvalue weighted by molar-refractivity contribution is -0.139. The van der Waals surface area contributed by atoms with Crippen LogP contribution in [0.3, 0.4) is 0 Å². The molecule has 0 bridgehead atoms. The van der Waals surface area contributed by atoms with Crippen LogP contribution in [-0.2, 0) is 17.8 Å². The molecule has 2 aromatic carbocycles. The number of aromatic nitrogens is 1. The third-order valence-corrected chi connectivity index (χ3v) is 4.69. The van der Waals surface area contributed by atoms with Crippen molar-refractivity contribution in [1.29, 1.82) is 0 Å². The van der Waals surface area contributed by atoms with Crippen molar-refractivity contribution in [1.82, 2.24) is 4.57 Å². The fourth-order valence-corrected chi connectivity index (χ4v) is 3.53. The molecule has 0 spiro atoms. The van der Waals surface area contributed by atoms with Gasteiger partial charge in [0.25, 0.3) is 0 Å². The average molecular weight is 384 g/mol. The van der Waals surface area contributed by atoms with Crippen molar-refractivity contribution in [2.75, 3.05) is 6.61 Å². The molecule has 148 valence electrons. The van der Waals surface area contributed by atoms with Gasteiger partial charge in [0.15, 0.2) is 6.61 Å². The Bertz CT molecular complexity index is 966. The first-order valence-electron chi connectivity index (χ1n) is 9.08. The van der Waals surface area contributed by atoms with E-state index >= 15 is 0 Å². The van der Waals surface area contributed by atoms with Gasteiger partial charge in [-0.05, 0) is 24.1 Å². The molecule has 28 heavy (non-hydrogen) atoms. The number of hydrogen-bond acceptors (Lipinski definition) is 5. The monoisotopic (exact) mass is 384 g/mol. The molecule has 0 fully saturated rings. The van der Waals surface area contributed by atoms with Crippen LogP contribution < -0.4 is 10.5 Å². The third-order valence-electron chi connectivity index (χ3n) is 4.69. The Labute approximate surface area is 162 Å². The van der Waals surface area contributed by atoms with E-state index in [0.29, 0.717) is 29.7 Å². The highest BCUT2D eigenvalue weighted by Gasteiger charge is 2.27. The molecule has 0 aliphatic heterocycles. The summed E-state index contributed by atoms with van der Waals surface area (Å²) in [5.74, 6) is -0.770. The number of nitrogens with zero attached hydrogens (tertiary/aromatic N) is 1. The molecule has 7 nitrogen and oxygen atoms in total. The summed E-state index contributed by atoms with van der Waals surface area (Å²) in [7, 11) is 0. The zero-order valence-corrected chi connectivity index (χ0v) is 15.6. The molecule has 1 heterocycles. The number of hydrogen-bond donors (Lipinski definition) is 4. The molecule has 1 aromatic heterocycles. The number of rotatable bonds is 8. The topological polar surface area (TPSA) is 118 Å². The largest absolute Gasteiger partial charge is 0.481 e. The second-order valence-corrected chi connectivity index (χ2v) is 6.55. The third kappa shape index (κ3) is 3.87. The van der Waals surface area contributed by atoms with Crippen LogP contribution in [0.1, 0.15) is 29.8 Å². The van der Waals surface area contributed by atoms with Gasteiger partial charge >= 0.3 is 5.97 Å². The van der Waals surface area contributed by atoms with Crippen molar-refractivity contribution in [3.05, 3.63) is 65.4 Å². The minimum Gasteiger partial charge on any atom is -0.481 e. The summed E-state index contributed by atoms with van der Waals surface area (Å²) in [5, 5.41) is 30.0. The second-order valence-electron chi connectivity index (χ2n) is 6.55. The van der Waals surface area contributed by atoms with Crippen LogP contribution in [0, 0.1) is 0 Å². The van der Waals surface area contributed by atoms with Crippen molar-refractivity contribution >= 4 is 16.9 Å². The average Bonchev–Trinajstić information content (AvgIpc) is 3.00. The number of aliphatic hydroxyl groups excluding tert-OH is 2. The maximum Gasteiger partial charge on any atom is 0.341 e. The van der Waals surface area contributed by atoms with Gasteiger partial charge in [-0.2, -0.15) is 0 Å². The van der Waals surface area contributed by atoms with Crippen molar-refractivity contribution in [3.63, 3.8) is 0 Å². The molecule has 7 heteroatoms. The van der Waals surface area contributed by atoms with Crippen LogP contribution >= 0.6 is 0 Å². The van der Waals surface area contributed by atoms with E-state index < -0.39 is 24.9 Å². The number of benzene rings is 2. The van der Waals surface area contributed by atoms with Gasteiger partial charge in [-0.3, -0.25) is 0 Å². The zero-order valence-electron chi connectivity index (χ0n) is 15.6. The molecule has 2 atom stereocenters. The van der Waals surface area contributed by atoms with Crippen molar-refractivity contribution in [2.24, 2.45) is 5.73 Å². The maximum atomic E-state index is 11.0. The molecule has 0 saturated carbocycles. The fourth-order valence-electron chi connectivity index (χ4n) is 3.53. The summed E-state index contributed by atoms with van der Waals surface area (Å²) in [6.07, 6.45) is -2.23. The number of fused-ring (bicyclic) bond motifs is 1. The van der Waals surface area contributed by atoms with Gasteiger partial charge in [-0.15, -0.1) is 0 Å². The number of carbonyl (C=O) groups is 1. The highest BCUT2D eigenvalue weighted by atomic mass is 16.5. The highest BCUT2D eigenvalue weighted by molar-refractivity contribution is 5.92. The molecule has 2 unspecified atom stereocenters. The van der Waals surface area contributed by atoms with Crippen LogP contribution in [0.4, 0.5) is 0 Å². The predicted octanol–water partition coefficient (Wildman–Crippen LogP) is 2.03. The summed E-state index contributed by atoms with van der Waals surface area (Å²) in [5.41, 5.74) is 8.69. The van der Waals surface area contributed by atoms with Gasteiger partial charge in [0, 0.05) is 23.2 Å². The van der Waals surface area contributed by atoms with Crippen molar-refractivity contribution < 1.29 is 24.9 Å². The van der Waals surface area contributed by atoms with Crippen molar-refractivity contribution in [3.8, 4) is 5.75 Å². The first kappa shape index (κ1) is 19.9. The minimum absolute atomic E-state index is 0.330. The van der Waals surface area contributed by atoms with Crippen LogP contribution in [0.5, 0.6) is 5.75 Å². The lowest BCUT2D eigenvalue weighted by Crippen LogP contribution is -2.28. The van der Waals surface area contributed by atoms with E-state index in [9.17, 15) is 15.0 Å². The molecule has 0 amide bonds. The molecule has 3 rings (SSSR count). The quantitative estimate of drug-likeness (QED) is 0.441. The first-order valence-corrected chi connectivity index (χ1v) is 9.08. The number of ether oxygens (including phenoxy) is 1. The Balaban J connectivity index is 2.24. The SMILES string of the molecule is CCc1c(C(O)C(N)O)c2c(OCC(=O)O)cccc2n1Cc1ccccc1. The van der Waals surface area contributed by atoms with Crippen LogP contribution in [-0.4, -0.2) is 38.7 Å². The van der Waals surface area contributed by atoms with Crippen LogP contribution in [0.25, 0.3) is 10.9 Å². The lowest BCUT2D eigenvalue weighted by Gasteiger charge is -2.17. The Kier molecular flexibility index (Phi) is 5.99. The summed E-state index contributed by atoms with van der Waals surface area (Å²) in [6, 6.07) is 15.2. The summed E-state index contributed by atoms with van der Waals surface area (Å²) in [6.45, 7) is 1.99. The fraction of sp³-hybridized carbons (Fsp3) is 0.286. The maximum absolute atomic E-state index is 11.0. The van der Waals surface area contributed by atoms with E-state index in [0.717, 1.165) is 16.8 Å². The van der Waals surface area contributed by atoms with E-state index in [1.54, 1.807) is 12.1 Å². The Morgan fingerprint density at radius 2 is 1.86 bits per heavy atom. The van der Waals surface area contributed by atoms with E-state index in [4.69, 9.17) is 15.6 Å². The van der Waals surface area contributed by atoms with E-state index in [1.807, 2.05) is 47.9 Å². The smallest absolute Gasteiger partial charge is 0.341 e. The van der Waals surface area contributed by atoms with Crippen LogP contribution in [0.15, 0.2) is 48.5 Å². The molecule has 0 aliphatic carbocycles. The second kappa shape index (κ2) is 8.43. The molecule has 0 radical (unpaired) electrons. The normalized spacial score (nSPS) is 13.4. The molecule has 3 aromatic rings. The molecular weight excluding hydrogens is 360 g/mol. The van der Waals surface area contributed by atoms with E-state index in [2.05, 4.69) is 0 Å². The first-order chi connectivity index (χ1) is 13.4. The number of carboxylic acid groups (broad SMARTS) is 1. The van der Waals surface area contributed by atoms with E-state index in [-0.39, 0.29) is 0 Å². The summed E-state index contributed by atoms with van der Waals surface area (Å²) < 4.78 is 7.51. The summed E-state index contributed by atoms with van der Waals surface area (Å²) in [4.78, 5) is 11.0. The summed E-state index contributed by atoms with van der Waals surface area (Å²) >= 11 is 0. The number of aliphatic carboxylic acids is 1. The Morgan fingerprint density at radius 3 is 2.46 bits per heavy atom. The lowest BCUT2D eigenvalue weighted by atomic mass is 10.0. The van der Waals surface area contributed by atoms with Gasteiger partial charge in [0.05, 0.1) is 5.52 Å².